The minimum atomic E-state index is -0.796. The zero-order valence-electron chi connectivity index (χ0n) is 16.3. The predicted molar refractivity (Wildman–Crippen MR) is 105 cm³/mol. The normalized spacial score (nSPS) is 17.2. The maximum atomic E-state index is 12.0. The Labute approximate surface area is 165 Å². The summed E-state index contributed by atoms with van der Waals surface area (Å²) < 4.78 is 9.74. The number of benzene rings is 2. The SMILES string of the molecule is [C-]#[N+]C1(CC(C)C)c2ccc(COC=O)cc2Cc2cc(C(=O)OC)ccc21. The van der Waals surface area contributed by atoms with Crippen LogP contribution in [0.1, 0.15) is 58.4 Å². The van der Waals surface area contributed by atoms with Crippen molar-refractivity contribution in [3.05, 3.63) is 81.2 Å². The number of nitrogens with zero attached hydrogens (tertiary/aromatic N) is 1. The van der Waals surface area contributed by atoms with E-state index in [0.717, 1.165) is 27.8 Å². The fraction of sp³-hybridized carbons (Fsp3) is 0.348. The lowest BCUT2D eigenvalue weighted by Gasteiger charge is -2.33. The highest BCUT2D eigenvalue weighted by atomic mass is 16.5. The highest BCUT2D eigenvalue weighted by molar-refractivity contribution is 5.89. The van der Waals surface area contributed by atoms with Gasteiger partial charge in [-0.2, -0.15) is 0 Å². The van der Waals surface area contributed by atoms with E-state index in [2.05, 4.69) is 18.7 Å². The van der Waals surface area contributed by atoms with Crippen LogP contribution in [0.2, 0.25) is 0 Å². The Bertz CT molecular complexity index is 958. The number of carbonyl (C=O) groups excluding carboxylic acids is 2. The van der Waals surface area contributed by atoms with Gasteiger partial charge >= 0.3 is 5.97 Å². The molecule has 0 aromatic heterocycles. The second-order valence-corrected chi connectivity index (χ2v) is 7.51. The van der Waals surface area contributed by atoms with E-state index in [9.17, 15) is 9.59 Å². The second-order valence-electron chi connectivity index (χ2n) is 7.51. The predicted octanol–water partition coefficient (Wildman–Crippen LogP) is 4.26. The molecule has 1 unspecified atom stereocenters. The van der Waals surface area contributed by atoms with Crippen molar-refractivity contribution in [2.75, 3.05) is 7.11 Å². The Morgan fingerprint density at radius 2 is 1.89 bits per heavy atom. The Morgan fingerprint density at radius 1 is 1.21 bits per heavy atom. The molecule has 0 spiro atoms. The Kier molecular flexibility index (Phi) is 5.51. The maximum Gasteiger partial charge on any atom is 0.337 e. The Hall–Kier alpha value is -3.13. The monoisotopic (exact) mass is 377 g/mol. The molecule has 0 amide bonds. The number of hydrogen-bond acceptors (Lipinski definition) is 4. The largest absolute Gasteiger partial charge is 0.465 e. The van der Waals surface area contributed by atoms with Crippen LogP contribution >= 0.6 is 0 Å². The van der Waals surface area contributed by atoms with Crippen molar-refractivity contribution in [1.29, 1.82) is 0 Å². The topological polar surface area (TPSA) is 57.0 Å². The van der Waals surface area contributed by atoms with Crippen LogP contribution in [0.25, 0.3) is 4.85 Å². The van der Waals surface area contributed by atoms with Gasteiger partial charge in [0.2, 0.25) is 0 Å². The number of methoxy groups -OCH3 is 1. The average molecular weight is 377 g/mol. The van der Waals surface area contributed by atoms with Crippen molar-refractivity contribution >= 4 is 12.4 Å². The lowest BCUT2D eigenvalue weighted by Crippen LogP contribution is -2.32. The second kappa shape index (κ2) is 7.85. The van der Waals surface area contributed by atoms with Gasteiger partial charge in [0.25, 0.3) is 12.0 Å². The number of hydrogen-bond donors (Lipinski definition) is 0. The first-order chi connectivity index (χ1) is 13.4. The Morgan fingerprint density at radius 3 is 2.50 bits per heavy atom. The highest BCUT2D eigenvalue weighted by Crippen LogP contribution is 2.47. The highest BCUT2D eigenvalue weighted by Gasteiger charge is 2.47. The first-order valence-corrected chi connectivity index (χ1v) is 9.23. The molecule has 0 bridgehead atoms. The fourth-order valence-electron chi connectivity index (χ4n) is 4.13. The van der Waals surface area contributed by atoms with Crippen LogP contribution in [-0.4, -0.2) is 19.6 Å². The summed E-state index contributed by atoms with van der Waals surface area (Å²) in [5, 5.41) is 0. The number of ether oxygens (including phenoxy) is 2. The summed E-state index contributed by atoms with van der Waals surface area (Å²) in [5.74, 6) is -0.0785. The van der Waals surface area contributed by atoms with Crippen LogP contribution in [0.15, 0.2) is 36.4 Å². The Balaban J connectivity index is 2.18. The number of rotatable bonds is 6. The smallest absolute Gasteiger partial charge is 0.337 e. The fourth-order valence-corrected chi connectivity index (χ4v) is 4.13. The van der Waals surface area contributed by atoms with E-state index in [-0.39, 0.29) is 12.6 Å². The molecule has 1 atom stereocenters. The van der Waals surface area contributed by atoms with E-state index < -0.39 is 5.54 Å². The molecule has 0 radical (unpaired) electrons. The summed E-state index contributed by atoms with van der Waals surface area (Å²) in [6.07, 6.45) is 1.29. The minimum absolute atomic E-state index is 0.195. The summed E-state index contributed by atoms with van der Waals surface area (Å²) in [7, 11) is 1.36. The summed E-state index contributed by atoms with van der Waals surface area (Å²) in [6, 6.07) is 11.4. The van der Waals surface area contributed by atoms with Crippen molar-refractivity contribution in [1.82, 2.24) is 0 Å². The molecule has 1 aliphatic rings. The van der Waals surface area contributed by atoms with Gasteiger partial charge in [-0.25, -0.2) is 11.4 Å². The first kappa shape index (κ1) is 19.6. The molecule has 2 aromatic rings. The van der Waals surface area contributed by atoms with E-state index in [0.29, 0.717) is 30.8 Å². The lowest BCUT2D eigenvalue weighted by molar-refractivity contribution is -0.129. The third-order valence-electron chi connectivity index (χ3n) is 5.18. The molecule has 5 heteroatoms. The van der Waals surface area contributed by atoms with Crippen LogP contribution in [0.5, 0.6) is 0 Å². The third kappa shape index (κ3) is 3.38. The zero-order chi connectivity index (χ0) is 20.3. The molecule has 2 aromatic carbocycles. The molecule has 0 fully saturated rings. The average Bonchev–Trinajstić information content (AvgIpc) is 2.70. The lowest BCUT2D eigenvalue weighted by atomic mass is 9.69. The van der Waals surface area contributed by atoms with Crippen LogP contribution in [0.4, 0.5) is 0 Å². The van der Waals surface area contributed by atoms with E-state index >= 15 is 0 Å². The number of fused-ring (bicyclic) bond motifs is 2. The number of esters is 1. The van der Waals surface area contributed by atoms with Gasteiger partial charge in [-0.15, -0.1) is 0 Å². The number of carbonyl (C=O) groups is 2. The molecule has 28 heavy (non-hydrogen) atoms. The van der Waals surface area contributed by atoms with Gasteiger partial charge in [0.05, 0.1) is 12.7 Å². The molecule has 3 rings (SSSR count). The molecule has 144 valence electrons. The molecule has 0 N–H and O–H groups in total. The molecule has 0 heterocycles. The van der Waals surface area contributed by atoms with Crippen molar-refractivity contribution in [2.24, 2.45) is 5.92 Å². The van der Waals surface area contributed by atoms with Crippen molar-refractivity contribution in [2.45, 2.75) is 38.8 Å². The summed E-state index contributed by atoms with van der Waals surface area (Å²) in [6.45, 7) is 12.9. The maximum absolute atomic E-state index is 12.0. The molecule has 5 nitrogen and oxygen atoms in total. The molecule has 0 saturated heterocycles. The van der Waals surface area contributed by atoms with E-state index in [1.54, 1.807) is 6.07 Å². The van der Waals surface area contributed by atoms with Gasteiger partial charge in [0.1, 0.15) is 6.61 Å². The van der Waals surface area contributed by atoms with Gasteiger partial charge in [-0.1, -0.05) is 26.0 Å². The minimum Gasteiger partial charge on any atom is -0.465 e. The van der Waals surface area contributed by atoms with Crippen LogP contribution in [0.3, 0.4) is 0 Å². The summed E-state index contributed by atoms with van der Waals surface area (Å²) in [5.41, 5.74) is 4.49. The quantitative estimate of drug-likeness (QED) is 0.429. The summed E-state index contributed by atoms with van der Waals surface area (Å²) >= 11 is 0. The third-order valence-corrected chi connectivity index (χ3v) is 5.18. The molecule has 0 saturated carbocycles. The molecular weight excluding hydrogens is 354 g/mol. The van der Waals surface area contributed by atoms with E-state index in [1.165, 1.54) is 7.11 Å². The van der Waals surface area contributed by atoms with Crippen LogP contribution in [-0.2, 0) is 32.8 Å². The van der Waals surface area contributed by atoms with Crippen molar-refractivity contribution in [3.8, 4) is 0 Å². The molecule has 0 aliphatic heterocycles. The first-order valence-electron chi connectivity index (χ1n) is 9.23. The van der Waals surface area contributed by atoms with E-state index in [1.807, 2.05) is 30.3 Å². The van der Waals surface area contributed by atoms with Gasteiger partial charge in [0.15, 0.2) is 0 Å². The van der Waals surface area contributed by atoms with Gasteiger partial charge < -0.3 is 9.47 Å². The van der Waals surface area contributed by atoms with Crippen molar-refractivity contribution < 1.29 is 19.1 Å². The van der Waals surface area contributed by atoms with Gasteiger partial charge in [-0.05, 0) is 53.3 Å². The zero-order valence-corrected chi connectivity index (χ0v) is 16.3. The van der Waals surface area contributed by atoms with Crippen LogP contribution < -0.4 is 0 Å². The molecular formula is C23H23NO4. The van der Waals surface area contributed by atoms with Crippen LogP contribution in [0, 0.1) is 12.5 Å². The van der Waals surface area contributed by atoms with Gasteiger partial charge in [0, 0.05) is 17.5 Å². The van der Waals surface area contributed by atoms with E-state index in [4.69, 9.17) is 16.0 Å². The van der Waals surface area contributed by atoms with Crippen molar-refractivity contribution in [3.63, 3.8) is 0 Å². The van der Waals surface area contributed by atoms with Gasteiger partial charge in [-0.3, -0.25) is 9.64 Å². The molecule has 1 aliphatic carbocycles. The summed E-state index contributed by atoms with van der Waals surface area (Å²) in [4.78, 5) is 26.7. The standard InChI is InChI=1S/C23H23NO4/c1-15(2)12-23(24-3)20-7-5-16(13-28-14-25)9-18(20)11-19-10-17(22(26)27-4)6-8-21(19)23/h5-10,14-15H,11-13H2,1-2,4H3.